The van der Waals surface area contributed by atoms with E-state index >= 15 is 0 Å². The van der Waals surface area contributed by atoms with Gasteiger partial charge in [-0.15, -0.1) is 0 Å². The van der Waals surface area contributed by atoms with E-state index in [1.54, 1.807) is 12.1 Å². The lowest BCUT2D eigenvalue weighted by molar-refractivity contribution is 0.608. The van der Waals surface area contributed by atoms with Crippen molar-refractivity contribution in [2.75, 3.05) is 0 Å². The van der Waals surface area contributed by atoms with E-state index in [4.69, 9.17) is 5.41 Å². The number of hydrogen-bond acceptors (Lipinski definition) is 3. The lowest BCUT2D eigenvalue weighted by Crippen LogP contribution is -2.00. The van der Waals surface area contributed by atoms with Crippen LogP contribution in [0.15, 0.2) is 29.2 Å². The summed E-state index contributed by atoms with van der Waals surface area (Å²) in [6, 6.07) is 6.40. The third kappa shape index (κ3) is 1.71. The first-order valence-electron chi connectivity index (χ1n) is 3.38. The summed E-state index contributed by atoms with van der Waals surface area (Å²) in [5.41, 5.74) is 1.46. The van der Waals surface area contributed by atoms with Gasteiger partial charge in [-0.3, -0.25) is 5.41 Å². The number of aryl methyl sites for hydroxylation is 1. The number of sulfone groups is 1. The zero-order valence-electron chi connectivity index (χ0n) is 6.61. The van der Waals surface area contributed by atoms with Gasteiger partial charge in [0, 0.05) is 0 Å². The van der Waals surface area contributed by atoms with Gasteiger partial charge in [-0.05, 0) is 19.1 Å². The average Bonchev–Trinajstić information content (AvgIpc) is 2.05. The maximum Gasteiger partial charge on any atom is 0.216 e. The average molecular weight is 183 g/mol. The van der Waals surface area contributed by atoms with Crippen molar-refractivity contribution in [2.45, 2.75) is 11.8 Å². The van der Waals surface area contributed by atoms with Crippen LogP contribution in [-0.2, 0) is 9.84 Å². The van der Waals surface area contributed by atoms with Gasteiger partial charge < -0.3 is 0 Å². The number of hydrogen-bond donors (Lipinski definition) is 1. The molecule has 1 N–H and O–H groups in total. The van der Waals surface area contributed by atoms with E-state index in [1.807, 2.05) is 6.92 Å². The Balaban J connectivity index is 3.23. The monoisotopic (exact) mass is 183 g/mol. The van der Waals surface area contributed by atoms with Crippen molar-refractivity contribution in [3.8, 4) is 0 Å². The van der Waals surface area contributed by atoms with Crippen molar-refractivity contribution < 1.29 is 8.42 Å². The van der Waals surface area contributed by atoms with Gasteiger partial charge in [-0.25, -0.2) is 8.42 Å². The van der Waals surface area contributed by atoms with Gasteiger partial charge in [0.15, 0.2) is 0 Å². The second kappa shape index (κ2) is 3.06. The first-order chi connectivity index (χ1) is 5.56. The second-order valence-electron chi connectivity index (χ2n) is 2.48. The van der Waals surface area contributed by atoms with Crippen molar-refractivity contribution in [3.63, 3.8) is 0 Å². The molecule has 12 heavy (non-hydrogen) atoms. The molecule has 0 unspecified atom stereocenters. The molecule has 1 aromatic rings. The standard InChI is InChI=1S/C8H9NO2S/c1-7-2-4-8(5-3-7)12(10,11)6-9/h2-6,9H,1H3. The van der Waals surface area contributed by atoms with Crippen molar-refractivity contribution in [2.24, 2.45) is 0 Å². The maximum atomic E-state index is 11.1. The van der Waals surface area contributed by atoms with E-state index in [2.05, 4.69) is 0 Å². The first kappa shape index (κ1) is 8.93. The molecule has 0 atom stereocenters. The Morgan fingerprint density at radius 3 is 2.17 bits per heavy atom. The molecule has 0 aliphatic heterocycles. The molecule has 3 nitrogen and oxygen atoms in total. The molecule has 64 valence electrons. The molecular formula is C8H9NO2S. The molecule has 0 bridgehead atoms. The van der Waals surface area contributed by atoms with E-state index in [0.717, 1.165) is 5.56 Å². The topological polar surface area (TPSA) is 58.0 Å². The van der Waals surface area contributed by atoms with Crippen LogP contribution in [0.1, 0.15) is 5.56 Å². The fourth-order valence-corrected chi connectivity index (χ4v) is 1.45. The van der Waals surface area contributed by atoms with E-state index in [1.165, 1.54) is 12.1 Å². The van der Waals surface area contributed by atoms with E-state index in [-0.39, 0.29) is 4.90 Å². The number of rotatable bonds is 2. The Morgan fingerprint density at radius 2 is 1.75 bits per heavy atom. The Bertz CT molecular complexity index is 378. The maximum absolute atomic E-state index is 11.1. The third-order valence-electron chi connectivity index (χ3n) is 1.50. The summed E-state index contributed by atoms with van der Waals surface area (Å²) in [6.07, 6.45) is 0. The summed E-state index contributed by atoms with van der Waals surface area (Å²) in [6.45, 7) is 1.88. The lowest BCUT2D eigenvalue weighted by Gasteiger charge is -1.97. The highest BCUT2D eigenvalue weighted by molar-refractivity contribution is 8.04. The summed E-state index contributed by atoms with van der Waals surface area (Å²) < 4.78 is 22.1. The minimum atomic E-state index is -3.47. The second-order valence-corrected chi connectivity index (χ2v) is 4.27. The zero-order valence-corrected chi connectivity index (χ0v) is 7.43. The molecule has 1 rings (SSSR count). The molecule has 4 heteroatoms. The van der Waals surface area contributed by atoms with Gasteiger partial charge in [0.2, 0.25) is 9.84 Å². The Labute approximate surface area is 71.5 Å². The van der Waals surface area contributed by atoms with Crippen molar-refractivity contribution in [1.29, 1.82) is 5.41 Å². The largest absolute Gasteiger partial charge is 0.297 e. The van der Waals surface area contributed by atoms with E-state index in [9.17, 15) is 8.42 Å². The highest BCUT2D eigenvalue weighted by Crippen LogP contribution is 2.09. The minimum absolute atomic E-state index is 0.170. The number of nitrogens with one attached hydrogen (secondary N) is 1. The van der Waals surface area contributed by atoms with Crippen LogP contribution in [0.4, 0.5) is 0 Å². The molecule has 0 aromatic heterocycles. The molecule has 0 saturated carbocycles. The van der Waals surface area contributed by atoms with E-state index in [0.29, 0.717) is 5.55 Å². The first-order valence-corrected chi connectivity index (χ1v) is 4.93. The quantitative estimate of drug-likeness (QED) is 0.556. The van der Waals surface area contributed by atoms with Crippen LogP contribution in [0, 0.1) is 12.3 Å². The lowest BCUT2D eigenvalue weighted by atomic mass is 10.2. The summed E-state index contributed by atoms with van der Waals surface area (Å²) in [5, 5.41) is 6.68. The Hall–Kier alpha value is -1.16. The van der Waals surface area contributed by atoms with Gasteiger partial charge >= 0.3 is 0 Å². The Kier molecular flexibility index (Phi) is 2.28. The molecule has 0 spiro atoms. The van der Waals surface area contributed by atoms with Crippen molar-refractivity contribution in [1.82, 2.24) is 0 Å². The molecule has 0 radical (unpaired) electrons. The van der Waals surface area contributed by atoms with Gasteiger partial charge in [0.1, 0.15) is 5.55 Å². The third-order valence-corrected chi connectivity index (χ3v) is 2.74. The van der Waals surface area contributed by atoms with E-state index < -0.39 is 9.84 Å². The van der Waals surface area contributed by atoms with Gasteiger partial charge in [0.05, 0.1) is 4.90 Å². The van der Waals surface area contributed by atoms with Crippen LogP contribution in [0.25, 0.3) is 0 Å². The summed E-state index contributed by atoms with van der Waals surface area (Å²) in [4.78, 5) is 0.170. The summed E-state index contributed by atoms with van der Waals surface area (Å²) in [5.74, 6) is 0. The molecular weight excluding hydrogens is 174 g/mol. The van der Waals surface area contributed by atoms with Crippen LogP contribution in [0.5, 0.6) is 0 Å². The zero-order chi connectivity index (χ0) is 9.19. The normalized spacial score (nSPS) is 11.1. The smallest absolute Gasteiger partial charge is 0.216 e. The minimum Gasteiger partial charge on any atom is -0.297 e. The predicted octanol–water partition coefficient (Wildman–Crippen LogP) is 1.38. The summed E-state index contributed by atoms with van der Waals surface area (Å²) >= 11 is 0. The molecule has 1 aromatic carbocycles. The van der Waals surface area contributed by atoms with Crippen molar-refractivity contribution in [3.05, 3.63) is 29.8 Å². The molecule has 0 amide bonds. The SMILES string of the molecule is Cc1ccc(S(=O)(=O)C=N)cc1. The van der Waals surface area contributed by atoms with Crippen LogP contribution in [0.3, 0.4) is 0 Å². The van der Waals surface area contributed by atoms with Crippen LogP contribution in [-0.4, -0.2) is 14.0 Å². The van der Waals surface area contributed by atoms with Crippen LogP contribution < -0.4 is 0 Å². The fraction of sp³-hybridized carbons (Fsp3) is 0.125. The van der Waals surface area contributed by atoms with Gasteiger partial charge in [-0.1, -0.05) is 17.7 Å². The summed E-state index contributed by atoms with van der Waals surface area (Å²) in [7, 11) is -3.47. The highest BCUT2D eigenvalue weighted by Gasteiger charge is 2.08. The fourth-order valence-electron chi connectivity index (χ4n) is 0.796. The van der Waals surface area contributed by atoms with Crippen molar-refractivity contribution >= 4 is 15.4 Å². The van der Waals surface area contributed by atoms with Gasteiger partial charge in [0.25, 0.3) is 0 Å². The molecule has 0 aliphatic rings. The molecule has 0 heterocycles. The highest BCUT2D eigenvalue weighted by atomic mass is 32.2. The van der Waals surface area contributed by atoms with Crippen LogP contribution >= 0.6 is 0 Å². The van der Waals surface area contributed by atoms with Gasteiger partial charge in [-0.2, -0.15) is 0 Å². The molecule has 0 fully saturated rings. The number of benzene rings is 1. The predicted molar refractivity (Wildman–Crippen MR) is 47.1 cm³/mol. The molecule has 0 aliphatic carbocycles. The Morgan fingerprint density at radius 1 is 1.25 bits per heavy atom. The van der Waals surface area contributed by atoms with Crippen LogP contribution in [0.2, 0.25) is 0 Å². The molecule has 0 saturated heterocycles.